The van der Waals surface area contributed by atoms with Crippen LogP contribution in [0.5, 0.6) is 5.75 Å². The van der Waals surface area contributed by atoms with Gasteiger partial charge < -0.3 is 10.1 Å². The summed E-state index contributed by atoms with van der Waals surface area (Å²) in [6.07, 6.45) is 7.10. The molecule has 4 aromatic rings. The summed E-state index contributed by atoms with van der Waals surface area (Å²) >= 11 is 0. The van der Waals surface area contributed by atoms with E-state index in [1.165, 1.54) is 24.1 Å². The number of hydrogen-bond donors (Lipinski definition) is 2. The first-order chi connectivity index (χ1) is 13.3. The molecule has 0 atom stereocenters. The second-order valence-electron chi connectivity index (χ2n) is 7.15. The van der Waals surface area contributed by atoms with Gasteiger partial charge in [0.1, 0.15) is 11.4 Å². The summed E-state index contributed by atoms with van der Waals surface area (Å²) in [6.45, 7) is 0.751. The minimum Gasteiger partial charge on any atom is -0.493 e. The Bertz CT molecular complexity index is 1160. The minimum atomic E-state index is 0.634. The van der Waals surface area contributed by atoms with E-state index in [1.54, 1.807) is 6.20 Å². The highest BCUT2D eigenvalue weighted by Gasteiger charge is 2.25. The zero-order chi connectivity index (χ0) is 17.8. The van der Waals surface area contributed by atoms with Crippen molar-refractivity contribution in [3.05, 3.63) is 54.0 Å². The molecule has 0 bridgehead atoms. The standard InChI is InChI=1S/C20H18N6O/c1-2-12(1)16-10-18(25-24-16)23-20-22-15(11-19-21-6-7-26(19)20)13-3-4-17-14(9-13)5-8-27-17/h3-4,6-7,9-12H,1-2,5,8H2,(H2,22,23,24,25). The zero-order valence-electron chi connectivity index (χ0n) is 14.6. The van der Waals surface area contributed by atoms with Gasteiger partial charge in [-0.05, 0) is 36.6 Å². The summed E-state index contributed by atoms with van der Waals surface area (Å²) in [5.41, 5.74) is 5.21. The molecule has 134 valence electrons. The number of H-pyrrole nitrogens is 1. The van der Waals surface area contributed by atoms with Crippen molar-refractivity contribution in [2.75, 3.05) is 11.9 Å². The highest BCUT2D eigenvalue weighted by Crippen LogP contribution is 2.39. The number of ether oxygens (including phenoxy) is 1. The Balaban J connectivity index is 1.41. The van der Waals surface area contributed by atoms with E-state index in [9.17, 15) is 0 Å². The second kappa shape index (κ2) is 5.57. The first kappa shape index (κ1) is 14.8. The van der Waals surface area contributed by atoms with Crippen molar-refractivity contribution in [3.63, 3.8) is 0 Å². The third-order valence-corrected chi connectivity index (χ3v) is 5.23. The average Bonchev–Trinajstić information content (AvgIpc) is 3.10. The lowest BCUT2D eigenvalue weighted by atomic mass is 10.1. The molecular weight excluding hydrogens is 340 g/mol. The Morgan fingerprint density at radius 3 is 3.07 bits per heavy atom. The molecule has 6 rings (SSSR count). The molecule has 1 aliphatic carbocycles. The van der Waals surface area contributed by atoms with Crippen LogP contribution in [-0.2, 0) is 6.42 Å². The number of hydrogen-bond acceptors (Lipinski definition) is 5. The van der Waals surface area contributed by atoms with Gasteiger partial charge in [-0.1, -0.05) is 0 Å². The van der Waals surface area contributed by atoms with Crippen LogP contribution < -0.4 is 10.1 Å². The molecule has 2 aliphatic rings. The Kier molecular flexibility index (Phi) is 3.05. The summed E-state index contributed by atoms with van der Waals surface area (Å²) in [6, 6.07) is 10.3. The number of nitrogens with zero attached hydrogens (tertiary/aromatic N) is 4. The number of aromatic nitrogens is 5. The highest BCUT2D eigenvalue weighted by molar-refractivity contribution is 5.69. The molecule has 3 aromatic heterocycles. The van der Waals surface area contributed by atoms with Crippen molar-refractivity contribution in [1.82, 2.24) is 24.6 Å². The van der Waals surface area contributed by atoms with Crippen LogP contribution in [-0.4, -0.2) is 31.2 Å². The zero-order valence-corrected chi connectivity index (χ0v) is 14.6. The van der Waals surface area contributed by atoms with E-state index in [4.69, 9.17) is 9.72 Å². The van der Waals surface area contributed by atoms with Crippen LogP contribution in [0.15, 0.2) is 42.7 Å². The Hall–Kier alpha value is -3.35. The summed E-state index contributed by atoms with van der Waals surface area (Å²) in [7, 11) is 0. The molecule has 7 heteroatoms. The monoisotopic (exact) mass is 358 g/mol. The third-order valence-electron chi connectivity index (χ3n) is 5.23. The molecular formula is C20H18N6O. The fourth-order valence-electron chi connectivity index (χ4n) is 3.62. The molecule has 0 unspecified atom stereocenters. The van der Waals surface area contributed by atoms with Gasteiger partial charge in [-0.25, -0.2) is 9.97 Å². The number of imidazole rings is 1. The summed E-state index contributed by atoms with van der Waals surface area (Å²) < 4.78 is 7.55. The van der Waals surface area contributed by atoms with Crippen LogP contribution in [0.2, 0.25) is 0 Å². The van der Waals surface area contributed by atoms with Gasteiger partial charge in [-0.15, -0.1) is 0 Å². The molecule has 0 saturated heterocycles. The van der Waals surface area contributed by atoms with E-state index in [2.05, 4.69) is 38.7 Å². The van der Waals surface area contributed by atoms with Gasteiger partial charge in [0, 0.05) is 48.1 Å². The third kappa shape index (κ3) is 2.54. The number of rotatable bonds is 4. The number of anilines is 2. The lowest BCUT2D eigenvalue weighted by molar-refractivity contribution is 0.357. The van der Waals surface area contributed by atoms with Crippen molar-refractivity contribution in [2.24, 2.45) is 0 Å². The van der Waals surface area contributed by atoms with E-state index in [-0.39, 0.29) is 0 Å². The largest absolute Gasteiger partial charge is 0.493 e. The van der Waals surface area contributed by atoms with E-state index >= 15 is 0 Å². The molecule has 0 spiro atoms. The summed E-state index contributed by atoms with van der Waals surface area (Å²) in [5.74, 6) is 3.09. The second-order valence-corrected chi connectivity index (χ2v) is 7.15. The van der Waals surface area contributed by atoms with Crippen molar-refractivity contribution in [2.45, 2.75) is 25.2 Å². The number of fused-ring (bicyclic) bond motifs is 2. The van der Waals surface area contributed by atoms with Gasteiger partial charge >= 0.3 is 0 Å². The van der Waals surface area contributed by atoms with Gasteiger partial charge in [-0.3, -0.25) is 9.50 Å². The number of aromatic amines is 1. The van der Waals surface area contributed by atoms with Crippen molar-refractivity contribution in [3.8, 4) is 17.0 Å². The van der Waals surface area contributed by atoms with Gasteiger partial charge in [0.2, 0.25) is 5.95 Å². The molecule has 0 radical (unpaired) electrons. The molecule has 1 aliphatic heterocycles. The van der Waals surface area contributed by atoms with Crippen LogP contribution in [0.4, 0.5) is 11.8 Å². The van der Waals surface area contributed by atoms with E-state index in [0.717, 1.165) is 41.5 Å². The highest BCUT2D eigenvalue weighted by atomic mass is 16.5. The Labute approximate surface area is 155 Å². The molecule has 1 fully saturated rings. The maximum atomic E-state index is 5.62. The van der Waals surface area contributed by atoms with Crippen molar-refractivity contribution >= 4 is 17.4 Å². The van der Waals surface area contributed by atoms with Crippen LogP contribution in [0.1, 0.15) is 30.0 Å². The maximum absolute atomic E-state index is 5.62. The summed E-state index contributed by atoms with van der Waals surface area (Å²) in [5, 5.41) is 10.9. The summed E-state index contributed by atoms with van der Waals surface area (Å²) in [4.78, 5) is 9.30. The van der Waals surface area contributed by atoms with Gasteiger partial charge in [-0.2, -0.15) is 5.10 Å². The molecule has 1 aromatic carbocycles. The molecule has 4 heterocycles. The smallest absolute Gasteiger partial charge is 0.214 e. The fourth-order valence-corrected chi connectivity index (χ4v) is 3.62. The maximum Gasteiger partial charge on any atom is 0.214 e. The first-order valence-electron chi connectivity index (χ1n) is 9.26. The van der Waals surface area contributed by atoms with Crippen LogP contribution >= 0.6 is 0 Å². The Morgan fingerprint density at radius 1 is 1.19 bits per heavy atom. The molecule has 7 nitrogen and oxygen atoms in total. The van der Waals surface area contributed by atoms with Crippen LogP contribution in [0.3, 0.4) is 0 Å². The quantitative estimate of drug-likeness (QED) is 0.582. The lowest BCUT2D eigenvalue weighted by Crippen LogP contribution is -2.03. The molecule has 1 saturated carbocycles. The normalized spacial score (nSPS) is 15.7. The van der Waals surface area contributed by atoms with Gasteiger partial charge in [0.25, 0.3) is 0 Å². The predicted molar refractivity (Wildman–Crippen MR) is 101 cm³/mol. The first-order valence-corrected chi connectivity index (χ1v) is 9.26. The minimum absolute atomic E-state index is 0.634. The van der Waals surface area contributed by atoms with E-state index in [0.29, 0.717) is 11.9 Å². The molecule has 2 N–H and O–H groups in total. The van der Waals surface area contributed by atoms with Crippen LogP contribution in [0, 0.1) is 0 Å². The molecule has 27 heavy (non-hydrogen) atoms. The lowest BCUT2D eigenvalue weighted by Gasteiger charge is -2.09. The topological polar surface area (TPSA) is 80.1 Å². The SMILES string of the molecule is c1cn2c(Nc3cc(C4CC4)[nH]n3)nc(-c3ccc4c(c3)CCO4)cc2n1. The van der Waals surface area contributed by atoms with Gasteiger partial charge in [0.15, 0.2) is 5.82 Å². The number of benzene rings is 1. The fraction of sp³-hybridized carbons (Fsp3) is 0.250. The van der Waals surface area contributed by atoms with E-state index < -0.39 is 0 Å². The molecule has 0 amide bonds. The van der Waals surface area contributed by atoms with E-state index in [1.807, 2.05) is 22.7 Å². The van der Waals surface area contributed by atoms with Crippen molar-refractivity contribution in [1.29, 1.82) is 0 Å². The average molecular weight is 358 g/mol. The Morgan fingerprint density at radius 2 is 2.15 bits per heavy atom. The predicted octanol–water partition coefficient (Wildman–Crippen LogP) is 3.68. The van der Waals surface area contributed by atoms with Crippen molar-refractivity contribution < 1.29 is 4.74 Å². The number of nitrogens with one attached hydrogen (secondary N) is 2. The van der Waals surface area contributed by atoms with Gasteiger partial charge in [0.05, 0.1) is 12.3 Å². The van der Waals surface area contributed by atoms with Crippen LogP contribution in [0.25, 0.3) is 16.9 Å².